The van der Waals surface area contributed by atoms with Crippen LogP contribution in [0.25, 0.3) is 0 Å². The lowest BCUT2D eigenvalue weighted by atomic mass is 9.93. The minimum absolute atomic E-state index is 0.0775. The third-order valence-corrected chi connectivity index (χ3v) is 5.50. The summed E-state index contributed by atoms with van der Waals surface area (Å²) in [5.74, 6) is -0.158. The molecule has 2 rings (SSSR count). The molecule has 1 amide bonds. The molecule has 1 saturated heterocycles. The van der Waals surface area contributed by atoms with Gasteiger partial charge in [0.15, 0.2) is 0 Å². The van der Waals surface area contributed by atoms with Crippen LogP contribution in [0.4, 0.5) is 0 Å². The standard InChI is InChI=1S/C22H34N2O3/c1-5-23(15-21(25)26)20-9-11-24(12-10-20)22(27)17(4)19-8-6-7-18(14-19)13-16(2)3/h6-8,14,16-17,20H,5,9-13,15H2,1-4H3,(H,25,26). The molecule has 1 aromatic carbocycles. The molecule has 1 aliphatic rings. The summed E-state index contributed by atoms with van der Waals surface area (Å²) in [7, 11) is 0. The third-order valence-electron chi connectivity index (χ3n) is 5.50. The SMILES string of the molecule is CCN(CC(=O)O)C1CCN(C(=O)C(C)c2cccc(CC(C)C)c2)CC1. The normalized spacial score (nSPS) is 16.7. The van der Waals surface area contributed by atoms with E-state index in [0.717, 1.165) is 31.4 Å². The lowest BCUT2D eigenvalue weighted by molar-refractivity contribution is -0.140. The van der Waals surface area contributed by atoms with Crippen LogP contribution >= 0.6 is 0 Å². The van der Waals surface area contributed by atoms with Crippen LogP contribution in [-0.4, -0.2) is 59.0 Å². The fourth-order valence-corrected chi connectivity index (χ4v) is 4.00. The van der Waals surface area contributed by atoms with E-state index in [4.69, 9.17) is 5.11 Å². The summed E-state index contributed by atoms with van der Waals surface area (Å²) in [4.78, 5) is 27.9. The van der Waals surface area contributed by atoms with Gasteiger partial charge in [-0.3, -0.25) is 14.5 Å². The smallest absolute Gasteiger partial charge is 0.317 e. The van der Waals surface area contributed by atoms with E-state index in [9.17, 15) is 9.59 Å². The maximum Gasteiger partial charge on any atom is 0.317 e. The zero-order valence-electron chi connectivity index (χ0n) is 17.1. The average Bonchev–Trinajstić information content (AvgIpc) is 2.64. The van der Waals surface area contributed by atoms with E-state index in [-0.39, 0.29) is 24.4 Å². The Bertz CT molecular complexity index is 636. The molecule has 0 spiro atoms. The first-order chi connectivity index (χ1) is 12.8. The quantitative estimate of drug-likeness (QED) is 0.758. The number of likely N-dealkylation sites (N-methyl/N-ethyl adjacent to an activating group) is 1. The van der Waals surface area contributed by atoms with Gasteiger partial charge in [-0.1, -0.05) is 45.0 Å². The number of carboxylic acids is 1. The lowest BCUT2D eigenvalue weighted by Gasteiger charge is -2.38. The van der Waals surface area contributed by atoms with E-state index in [1.165, 1.54) is 5.56 Å². The fraction of sp³-hybridized carbons (Fsp3) is 0.636. The van der Waals surface area contributed by atoms with Crippen molar-refractivity contribution in [2.45, 2.75) is 58.9 Å². The summed E-state index contributed by atoms with van der Waals surface area (Å²) < 4.78 is 0. The molecule has 5 nitrogen and oxygen atoms in total. The number of rotatable bonds is 8. The summed E-state index contributed by atoms with van der Waals surface area (Å²) in [5.41, 5.74) is 2.37. The van der Waals surface area contributed by atoms with Crippen LogP contribution in [0, 0.1) is 5.92 Å². The highest BCUT2D eigenvalue weighted by molar-refractivity contribution is 5.83. The van der Waals surface area contributed by atoms with E-state index in [1.54, 1.807) is 0 Å². The van der Waals surface area contributed by atoms with Crippen molar-refractivity contribution in [3.8, 4) is 0 Å². The van der Waals surface area contributed by atoms with Crippen molar-refractivity contribution in [3.63, 3.8) is 0 Å². The molecule has 0 aromatic heterocycles. The van der Waals surface area contributed by atoms with Gasteiger partial charge in [-0.2, -0.15) is 0 Å². The number of benzene rings is 1. The summed E-state index contributed by atoms with van der Waals surface area (Å²) in [6, 6.07) is 8.65. The molecule has 1 aromatic rings. The third kappa shape index (κ3) is 6.06. The van der Waals surface area contributed by atoms with Gasteiger partial charge in [0.05, 0.1) is 12.5 Å². The molecule has 1 aliphatic heterocycles. The minimum atomic E-state index is -0.787. The zero-order valence-corrected chi connectivity index (χ0v) is 17.1. The number of amides is 1. The Hall–Kier alpha value is -1.88. The number of aliphatic carboxylic acids is 1. The Balaban J connectivity index is 1.96. The number of carboxylic acid groups (broad SMARTS) is 1. The van der Waals surface area contributed by atoms with Crippen molar-refractivity contribution in [3.05, 3.63) is 35.4 Å². The largest absolute Gasteiger partial charge is 0.480 e. The first kappa shape index (κ1) is 21.4. The number of hydrogen-bond donors (Lipinski definition) is 1. The van der Waals surface area contributed by atoms with Crippen LogP contribution in [-0.2, 0) is 16.0 Å². The summed E-state index contributed by atoms with van der Waals surface area (Å²) in [6.45, 7) is 10.6. The van der Waals surface area contributed by atoms with Crippen LogP contribution in [0.3, 0.4) is 0 Å². The van der Waals surface area contributed by atoms with Gasteiger partial charge >= 0.3 is 5.97 Å². The average molecular weight is 375 g/mol. The predicted octanol–water partition coefficient (Wildman–Crippen LogP) is 3.39. The van der Waals surface area contributed by atoms with E-state index in [2.05, 4.69) is 26.0 Å². The maximum absolute atomic E-state index is 13.0. The van der Waals surface area contributed by atoms with E-state index >= 15 is 0 Å². The minimum Gasteiger partial charge on any atom is -0.480 e. The van der Waals surface area contributed by atoms with Gasteiger partial charge in [-0.15, -0.1) is 0 Å². The monoisotopic (exact) mass is 374 g/mol. The molecule has 27 heavy (non-hydrogen) atoms. The van der Waals surface area contributed by atoms with Gasteiger partial charge in [-0.25, -0.2) is 0 Å². The Morgan fingerprint density at radius 3 is 2.44 bits per heavy atom. The van der Waals surface area contributed by atoms with Crippen molar-refractivity contribution < 1.29 is 14.7 Å². The summed E-state index contributed by atoms with van der Waals surface area (Å²) in [6.07, 6.45) is 2.70. The molecule has 0 bridgehead atoms. The molecule has 0 radical (unpaired) electrons. The van der Waals surface area contributed by atoms with Gasteiger partial charge in [0.2, 0.25) is 5.91 Å². The Labute approximate surface area is 163 Å². The molecule has 5 heteroatoms. The Morgan fingerprint density at radius 2 is 1.89 bits per heavy atom. The van der Waals surface area contributed by atoms with Crippen LogP contribution in [0.5, 0.6) is 0 Å². The number of likely N-dealkylation sites (tertiary alicyclic amines) is 1. The van der Waals surface area contributed by atoms with Gasteiger partial charge in [-0.05, 0) is 49.8 Å². The van der Waals surface area contributed by atoms with Gasteiger partial charge in [0, 0.05) is 19.1 Å². The first-order valence-electron chi connectivity index (χ1n) is 10.1. The van der Waals surface area contributed by atoms with Crippen LogP contribution in [0.15, 0.2) is 24.3 Å². The molecular weight excluding hydrogens is 340 g/mol. The second kappa shape index (κ2) is 9.88. The van der Waals surface area contributed by atoms with Crippen molar-refractivity contribution >= 4 is 11.9 Å². The van der Waals surface area contributed by atoms with Crippen molar-refractivity contribution in [1.29, 1.82) is 0 Å². The Morgan fingerprint density at radius 1 is 1.22 bits per heavy atom. The summed E-state index contributed by atoms with van der Waals surface area (Å²) >= 11 is 0. The van der Waals surface area contributed by atoms with E-state index < -0.39 is 5.97 Å². The number of hydrogen-bond acceptors (Lipinski definition) is 3. The van der Waals surface area contributed by atoms with E-state index in [0.29, 0.717) is 19.0 Å². The maximum atomic E-state index is 13.0. The Kier molecular flexibility index (Phi) is 7.84. The second-order valence-electron chi connectivity index (χ2n) is 8.08. The molecule has 150 valence electrons. The number of carbonyl (C=O) groups excluding carboxylic acids is 1. The lowest BCUT2D eigenvalue weighted by Crippen LogP contribution is -2.48. The molecular formula is C22H34N2O3. The highest BCUT2D eigenvalue weighted by Gasteiger charge is 2.29. The molecule has 1 atom stereocenters. The van der Waals surface area contributed by atoms with Crippen molar-refractivity contribution in [2.75, 3.05) is 26.2 Å². The summed E-state index contributed by atoms with van der Waals surface area (Å²) in [5, 5.41) is 9.06. The molecule has 1 N–H and O–H groups in total. The van der Waals surface area contributed by atoms with Crippen LogP contribution in [0.2, 0.25) is 0 Å². The highest BCUT2D eigenvalue weighted by atomic mass is 16.4. The van der Waals surface area contributed by atoms with Crippen LogP contribution in [0.1, 0.15) is 57.6 Å². The number of carbonyl (C=O) groups is 2. The number of nitrogens with zero attached hydrogens (tertiary/aromatic N) is 2. The topological polar surface area (TPSA) is 60.9 Å². The predicted molar refractivity (Wildman–Crippen MR) is 108 cm³/mol. The molecule has 1 unspecified atom stereocenters. The molecule has 0 aliphatic carbocycles. The first-order valence-corrected chi connectivity index (χ1v) is 10.1. The van der Waals surface area contributed by atoms with Gasteiger partial charge in [0.25, 0.3) is 0 Å². The zero-order chi connectivity index (χ0) is 20.0. The van der Waals surface area contributed by atoms with Crippen molar-refractivity contribution in [1.82, 2.24) is 9.80 Å². The highest BCUT2D eigenvalue weighted by Crippen LogP contribution is 2.24. The number of piperidine rings is 1. The second-order valence-corrected chi connectivity index (χ2v) is 8.08. The van der Waals surface area contributed by atoms with E-state index in [1.807, 2.05) is 35.8 Å². The van der Waals surface area contributed by atoms with Crippen molar-refractivity contribution in [2.24, 2.45) is 5.92 Å². The fourth-order valence-electron chi connectivity index (χ4n) is 4.00. The van der Waals surface area contributed by atoms with Crippen LogP contribution < -0.4 is 0 Å². The molecule has 0 saturated carbocycles. The molecule has 1 heterocycles. The molecule has 1 fully saturated rings. The van der Waals surface area contributed by atoms with Gasteiger partial charge < -0.3 is 10.0 Å². The van der Waals surface area contributed by atoms with Gasteiger partial charge in [0.1, 0.15) is 0 Å².